The van der Waals surface area contributed by atoms with Gasteiger partial charge in [-0.05, 0) is 72.9 Å². The third-order valence-corrected chi connectivity index (χ3v) is 8.34. The van der Waals surface area contributed by atoms with E-state index in [4.69, 9.17) is 4.74 Å². The molecule has 0 radical (unpaired) electrons. The molecule has 2 N–H and O–H groups in total. The summed E-state index contributed by atoms with van der Waals surface area (Å²) < 4.78 is 7.71. The van der Waals surface area contributed by atoms with Crippen LogP contribution < -0.4 is 15.4 Å². The van der Waals surface area contributed by atoms with Crippen LogP contribution in [0.25, 0.3) is 21.8 Å². The quantitative estimate of drug-likeness (QED) is 0.257. The molecule has 4 aromatic carbocycles. The molecule has 1 aromatic heterocycles. The van der Waals surface area contributed by atoms with Crippen LogP contribution in [0.5, 0.6) is 5.75 Å². The number of para-hydroxylation sites is 3. The van der Waals surface area contributed by atoms with Gasteiger partial charge in [0.05, 0.1) is 24.5 Å². The molecule has 7 rings (SSSR count). The van der Waals surface area contributed by atoms with Crippen molar-refractivity contribution in [3.05, 3.63) is 113 Å². The predicted octanol–water partition coefficient (Wildman–Crippen LogP) is 7.80. The van der Waals surface area contributed by atoms with Crippen molar-refractivity contribution < 1.29 is 9.53 Å². The van der Waals surface area contributed by atoms with E-state index in [0.29, 0.717) is 6.42 Å². The summed E-state index contributed by atoms with van der Waals surface area (Å²) in [6, 6.07) is 31.4. The zero-order chi connectivity index (χ0) is 26.5. The molecular formula is C34H31N3O2. The van der Waals surface area contributed by atoms with Gasteiger partial charge in [0, 0.05) is 46.0 Å². The summed E-state index contributed by atoms with van der Waals surface area (Å²) in [5.74, 6) is 1.13. The van der Waals surface area contributed by atoms with Crippen molar-refractivity contribution in [2.75, 3.05) is 17.7 Å². The molecule has 194 valence electrons. The summed E-state index contributed by atoms with van der Waals surface area (Å²) in [4.78, 5) is 14.0. The van der Waals surface area contributed by atoms with Crippen LogP contribution in [0.15, 0.2) is 102 Å². The molecule has 5 aromatic rings. The van der Waals surface area contributed by atoms with E-state index in [0.717, 1.165) is 52.5 Å². The lowest BCUT2D eigenvalue weighted by atomic mass is 9.78. The highest BCUT2D eigenvalue weighted by Crippen LogP contribution is 2.45. The second-order valence-corrected chi connectivity index (χ2v) is 10.5. The van der Waals surface area contributed by atoms with Gasteiger partial charge in [-0.3, -0.25) is 4.79 Å². The average Bonchev–Trinajstić information content (AvgIpc) is 3.18. The summed E-state index contributed by atoms with van der Waals surface area (Å²) in [7, 11) is 1.67. The van der Waals surface area contributed by atoms with Gasteiger partial charge < -0.3 is 19.9 Å². The SMILES string of the molecule is CCn1c2ccccc2c2cc([C@H]3Nc4ccccc4NC4=C3C(=O)C[C@@H](c3ccc(OC)cc3)C4)ccc21. The molecule has 0 amide bonds. The molecule has 2 aliphatic rings. The van der Waals surface area contributed by atoms with Gasteiger partial charge in [0.15, 0.2) is 5.78 Å². The molecule has 0 unspecified atom stereocenters. The fourth-order valence-corrected chi connectivity index (χ4v) is 6.45. The molecule has 0 spiro atoms. The maximum absolute atomic E-state index is 14.0. The molecular weight excluding hydrogens is 482 g/mol. The van der Waals surface area contributed by atoms with Crippen molar-refractivity contribution in [1.29, 1.82) is 0 Å². The van der Waals surface area contributed by atoms with Crippen molar-refractivity contribution in [1.82, 2.24) is 4.57 Å². The van der Waals surface area contributed by atoms with Gasteiger partial charge in [0.2, 0.25) is 0 Å². The number of benzene rings is 4. The summed E-state index contributed by atoms with van der Waals surface area (Å²) in [5, 5.41) is 9.87. The Kier molecular flexibility index (Phi) is 5.66. The number of hydrogen-bond donors (Lipinski definition) is 2. The van der Waals surface area contributed by atoms with E-state index in [-0.39, 0.29) is 17.7 Å². The number of Topliss-reactive ketones (excluding diaryl/α,β-unsaturated/α-hetero) is 1. The molecule has 0 saturated carbocycles. The van der Waals surface area contributed by atoms with E-state index >= 15 is 0 Å². The van der Waals surface area contributed by atoms with Crippen LogP contribution in [0.3, 0.4) is 0 Å². The van der Waals surface area contributed by atoms with Crippen LogP contribution >= 0.6 is 0 Å². The monoisotopic (exact) mass is 513 g/mol. The Morgan fingerprint density at radius 1 is 0.821 bits per heavy atom. The van der Waals surface area contributed by atoms with Crippen LogP contribution in [0.1, 0.15) is 42.9 Å². The van der Waals surface area contributed by atoms with E-state index in [2.05, 4.69) is 88.9 Å². The van der Waals surface area contributed by atoms with Crippen LogP contribution in [0.2, 0.25) is 0 Å². The maximum Gasteiger partial charge on any atom is 0.163 e. The van der Waals surface area contributed by atoms with Gasteiger partial charge in [-0.25, -0.2) is 0 Å². The van der Waals surface area contributed by atoms with Gasteiger partial charge >= 0.3 is 0 Å². The summed E-state index contributed by atoms with van der Waals surface area (Å²) >= 11 is 0. The Balaban J connectivity index is 1.36. The van der Waals surface area contributed by atoms with Crippen molar-refractivity contribution in [3.63, 3.8) is 0 Å². The van der Waals surface area contributed by atoms with E-state index < -0.39 is 0 Å². The number of allylic oxidation sites excluding steroid dienone is 1. The number of hydrogen-bond acceptors (Lipinski definition) is 4. The zero-order valence-electron chi connectivity index (χ0n) is 22.2. The van der Waals surface area contributed by atoms with Gasteiger partial charge in [0.25, 0.3) is 0 Å². The number of aromatic nitrogens is 1. The fourth-order valence-electron chi connectivity index (χ4n) is 6.45. The van der Waals surface area contributed by atoms with Crippen molar-refractivity contribution in [2.24, 2.45) is 0 Å². The molecule has 0 saturated heterocycles. The molecule has 0 bridgehead atoms. The number of anilines is 2. The van der Waals surface area contributed by atoms with Gasteiger partial charge in [-0.15, -0.1) is 0 Å². The lowest BCUT2D eigenvalue weighted by Gasteiger charge is -2.30. The highest BCUT2D eigenvalue weighted by Gasteiger charge is 2.36. The molecule has 1 aliphatic heterocycles. The Bertz CT molecular complexity index is 1760. The molecule has 1 aliphatic carbocycles. The number of carbonyl (C=O) groups excluding carboxylic acids is 1. The number of ether oxygens (including phenoxy) is 1. The lowest BCUT2D eigenvalue weighted by molar-refractivity contribution is -0.116. The van der Waals surface area contributed by atoms with E-state index in [1.165, 1.54) is 21.8 Å². The standard InChI is InChI=1S/C34H31N3O2/c1-3-37-30-11-7-4-8-25(30)26-18-22(14-17-31(26)37)34-33-29(35-27-9-5-6-10-28(27)36-34)19-23(20-32(33)38)21-12-15-24(39-2)16-13-21/h4-18,23,34-36H,3,19-20H2,1-2H3/t23-,34+/m0/s1. The molecule has 0 fully saturated rings. The molecule has 2 heterocycles. The topological polar surface area (TPSA) is 55.3 Å². The number of nitrogens with zero attached hydrogens (tertiary/aromatic N) is 1. The zero-order valence-corrected chi connectivity index (χ0v) is 22.2. The third kappa shape index (κ3) is 3.88. The summed E-state index contributed by atoms with van der Waals surface area (Å²) in [5.41, 5.74) is 8.57. The van der Waals surface area contributed by atoms with Crippen LogP contribution in [0, 0.1) is 0 Å². The molecule has 2 atom stereocenters. The second kappa shape index (κ2) is 9.35. The first-order chi connectivity index (χ1) is 19.1. The first-order valence-corrected chi connectivity index (χ1v) is 13.7. The maximum atomic E-state index is 14.0. The number of rotatable bonds is 4. The highest BCUT2D eigenvalue weighted by atomic mass is 16.5. The smallest absolute Gasteiger partial charge is 0.163 e. The van der Waals surface area contributed by atoms with Crippen LogP contribution in [0.4, 0.5) is 11.4 Å². The molecule has 39 heavy (non-hydrogen) atoms. The minimum absolute atomic E-state index is 0.116. The minimum atomic E-state index is -0.242. The summed E-state index contributed by atoms with van der Waals surface area (Å²) in [6.45, 7) is 3.09. The average molecular weight is 514 g/mol. The Morgan fingerprint density at radius 2 is 1.54 bits per heavy atom. The van der Waals surface area contributed by atoms with E-state index in [1.807, 2.05) is 24.3 Å². The Labute approximate surface area is 228 Å². The number of methoxy groups -OCH3 is 1. The second-order valence-electron chi connectivity index (χ2n) is 10.5. The first-order valence-electron chi connectivity index (χ1n) is 13.7. The predicted molar refractivity (Wildman–Crippen MR) is 159 cm³/mol. The molecule has 5 nitrogen and oxygen atoms in total. The fraction of sp³-hybridized carbons (Fsp3) is 0.206. The van der Waals surface area contributed by atoms with Gasteiger partial charge in [-0.2, -0.15) is 0 Å². The normalized spacial score (nSPS) is 18.8. The highest BCUT2D eigenvalue weighted by molar-refractivity contribution is 6.08. The Hall–Kier alpha value is -4.51. The van der Waals surface area contributed by atoms with E-state index in [9.17, 15) is 4.79 Å². The number of aryl methyl sites for hydroxylation is 1. The number of fused-ring (bicyclic) bond motifs is 4. The largest absolute Gasteiger partial charge is 0.497 e. The van der Waals surface area contributed by atoms with Gasteiger partial charge in [-0.1, -0.05) is 48.5 Å². The number of nitrogens with one attached hydrogen (secondary N) is 2. The van der Waals surface area contributed by atoms with E-state index in [1.54, 1.807) is 7.11 Å². The van der Waals surface area contributed by atoms with Crippen LogP contribution in [-0.2, 0) is 11.3 Å². The van der Waals surface area contributed by atoms with Crippen LogP contribution in [-0.4, -0.2) is 17.5 Å². The van der Waals surface area contributed by atoms with Gasteiger partial charge in [0.1, 0.15) is 5.75 Å². The molecule has 5 heteroatoms. The number of carbonyl (C=O) groups is 1. The lowest BCUT2D eigenvalue weighted by Crippen LogP contribution is -2.26. The number of ketones is 1. The Morgan fingerprint density at radius 3 is 2.33 bits per heavy atom. The first kappa shape index (κ1) is 23.6. The van der Waals surface area contributed by atoms with Crippen molar-refractivity contribution in [2.45, 2.75) is 38.3 Å². The van der Waals surface area contributed by atoms with Crippen molar-refractivity contribution in [3.8, 4) is 5.75 Å². The van der Waals surface area contributed by atoms with Crippen molar-refractivity contribution >= 4 is 39.0 Å². The third-order valence-electron chi connectivity index (χ3n) is 8.34. The minimum Gasteiger partial charge on any atom is -0.497 e. The summed E-state index contributed by atoms with van der Waals surface area (Å²) in [6.07, 6.45) is 1.26.